The zero-order chi connectivity index (χ0) is 18.9. The molecule has 0 aliphatic carbocycles. The molecule has 0 atom stereocenters. The van der Waals surface area contributed by atoms with Crippen LogP contribution in [0.5, 0.6) is 0 Å². The molecule has 26 heavy (non-hydrogen) atoms. The Bertz CT molecular complexity index is 770. The largest absolute Gasteiger partial charge is 0.355 e. The number of urea groups is 1. The molecule has 0 heterocycles. The smallest absolute Gasteiger partial charge is 0.319 e. The van der Waals surface area contributed by atoms with Gasteiger partial charge in [-0.1, -0.05) is 19.1 Å². The molecule has 4 N–H and O–H groups in total. The minimum atomic E-state index is -0.342. The van der Waals surface area contributed by atoms with Crippen molar-refractivity contribution in [3.8, 4) is 0 Å². The summed E-state index contributed by atoms with van der Waals surface area (Å²) in [5.41, 5.74) is 2.74. The van der Waals surface area contributed by atoms with Crippen LogP contribution in [0.3, 0.4) is 0 Å². The van der Waals surface area contributed by atoms with E-state index in [0.717, 1.165) is 5.56 Å². The average Bonchev–Trinajstić information content (AvgIpc) is 2.67. The number of rotatable bonds is 6. The highest BCUT2D eigenvalue weighted by molar-refractivity contribution is 5.94. The van der Waals surface area contributed by atoms with Crippen LogP contribution in [0.2, 0.25) is 0 Å². The van der Waals surface area contributed by atoms with E-state index in [4.69, 9.17) is 0 Å². The maximum absolute atomic E-state index is 12.0. The van der Waals surface area contributed by atoms with E-state index in [1.165, 1.54) is 0 Å². The minimum Gasteiger partial charge on any atom is -0.355 e. The molecule has 2 aromatic rings. The zero-order valence-electron chi connectivity index (χ0n) is 14.8. The van der Waals surface area contributed by atoms with Crippen LogP contribution in [0, 0.1) is 0 Å². The fourth-order valence-corrected chi connectivity index (χ4v) is 2.16. The number of anilines is 2. The van der Waals surface area contributed by atoms with E-state index in [9.17, 15) is 14.4 Å². The van der Waals surface area contributed by atoms with Crippen LogP contribution in [-0.4, -0.2) is 24.9 Å². The van der Waals surface area contributed by atoms with Gasteiger partial charge in [0, 0.05) is 37.0 Å². The predicted molar refractivity (Wildman–Crippen MR) is 101 cm³/mol. The molecule has 0 unspecified atom stereocenters. The molecule has 0 fully saturated rings. The van der Waals surface area contributed by atoms with Gasteiger partial charge in [-0.15, -0.1) is 0 Å². The molecule has 4 amide bonds. The Balaban J connectivity index is 1.83. The lowest BCUT2D eigenvalue weighted by Crippen LogP contribution is -2.28. The van der Waals surface area contributed by atoms with Crippen LogP contribution < -0.4 is 21.3 Å². The van der Waals surface area contributed by atoms with E-state index in [-0.39, 0.29) is 17.8 Å². The van der Waals surface area contributed by atoms with Gasteiger partial charge in [-0.3, -0.25) is 9.59 Å². The third-order valence-corrected chi connectivity index (χ3v) is 3.64. The number of amides is 4. The van der Waals surface area contributed by atoms with Crippen molar-refractivity contribution in [1.82, 2.24) is 10.6 Å². The summed E-state index contributed by atoms with van der Waals surface area (Å²) >= 11 is 0. The van der Waals surface area contributed by atoms with Gasteiger partial charge in [0.1, 0.15) is 0 Å². The van der Waals surface area contributed by atoms with Gasteiger partial charge >= 0.3 is 6.03 Å². The summed E-state index contributed by atoms with van der Waals surface area (Å²) in [5.74, 6) is -0.216. The zero-order valence-corrected chi connectivity index (χ0v) is 14.8. The van der Waals surface area contributed by atoms with Crippen LogP contribution in [0.15, 0.2) is 48.5 Å². The maximum Gasteiger partial charge on any atom is 0.319 e. The normalized spacial score (nSPS) is 9.92. The Morgan fingerprint density at radius 2 is 1.42 bits per heavy atom. The molecule has 0 saturated heterocycles. The summed E-state index contributed by atoms with van der Waals surface area (Å²) in [4.78, 5) is 34.8. The third-order valence-electron chi connectivity index (χ3n) is 3.64. The van der Waals surface area contributed by atoms with Crippen molar-refractivity contribution in [3.63, 3.8) is 0 Å². The number of carbonyl (C=O) groups is 3. The summed E-state index contributed by atoms with van der Waals surface area (Å²) in [5, 5.41) is 10.8. The minimum absolute atomic E-state index is 0.0640. The topological polar surface area (TPSA) is 99.3 Å². The van der Waals surface area contributed by atoms with E-state index in [1.54, 1.807) is 62.5 Å². The molecule has 7 heteroatoms. The Morgan fingerprint density at radius 3 is 1.96 bits per heavy atom. The first-order valence-electron chi connectivity index (χ1n) is 8.27. The quantitative estimate of drug-likeness (QED) is 0.642. The maximum atomic E-state index is 12.0. The molecule has 0 aromatic heterocycles. The summed E-state index contributed by atoms with van der Waals surface area (Å²) in [6.07, 6.45) is 0.409. The first-order valence-corrected chi connectivity index (χ1v) is 8.27. The highest BCUT2D eigenvalue weighted by Gasteiger charge is 2.05. The number of hydrogen-bond acceptors (Lipinski definition) is 3. The van der Waals surface area contributed by atoms with Crippen LogP contribution in [-0.2, 0) is 11.3 Å². The summed E-state index contributed by atoms with van der Waals surface area (Å²) < 4.78 is 0. The van der Waals surface area contributed by atoms with Gasteiger partial charge in [-0.05, 0) is 42.0 Å². The lowest BCUT2D eigenvalue weighted by atomic mass is 10.1. The molecule has 0 aliphatic rings. The number of nitrogens with one attached hydrogen (secondary N) is 4. The van der Waals surface area contributed by atoms with E-state index >= 15 is 0 Å². The van der Waals surface area contributed by atoms with E-state index in [2.05, 4.69) is 21.3 Å². The van der Waals surface area contributed by atoms with Crippen LogP contribution in [0.1, 0.15) is 29.3 Å². The molecule has 0 bridgehead atoms. The Kier molecular flexibility index (Phi) is 6.73. The van der Waals surface area contributed by atoms with Crippen molar-refractivity contribution >= 4 is 29.2 Å². The number of carbonyl (C=O) groups excluding carboxylic acids is 3. The van der Waals surface area contributed by atoms with Crippen molar-refractivity contribution in [2.45, 2.75) is 19.9 Å². The van der Waals surface area contributed by atoms with Gasteiger partial charge in [0.15, 0.2) is 0 Å². The van der Waals surface area contributed by atoms with Gasteiger partial charge in [-0.2, -0.15) is 0 Å². The van der Waals surface area contributed by atoms with Crippen molar-refractivity contribution in [2.75, 3.05) is 17.7 Å². The highest BCUT2D eigenvalue weighted by atomic mass is 16.2. The molecule has 0 spiro atoms. The van der Waals surface area contributed by atoms with Gasteiger partial charge in [-0.25, -0.2) is 4.79 Å². The third kappa shape index (κ3) is 5.62. The second-order valence-corrected chi connectivity index (χ2v) is 5.56. The first kappa shape index (κ1) is 19.0. The number of benzene rings is 2. The van der Waals surface area contributed by atoms with Gasteiger partial charge < -0.3 is 21.3 Å². The Morgan fingerprint density at radius 1 is 0.846 bits per heavy atom. The summed E-state index contributed by atoms with van der Waals surface area (Å²) in [6.45, 7) is 2.12. The van der Waals surface area contributed by atoms with Crippen LogP contribution in [0.4, 0.5) is 16.2 Å². The fraction of sp³-hybridized carbons (Fsp3) is 0.211. The van der Waals surface area contributed by atoms with E-state index < -0.39 is 0 Å². The lowest BCUT2D eigenvalue weighted by molar-refractivity contribution is -0.115. The second-order valence-electron chi connectivity index (χ2n) is 5.56. The fourth-order valence-electron chi connectivity index (χ4n) is 2.16. The summed E-state index contributed by atoms with van der Waals surface area (Å²) in [6, 6.07) is 13.5. The number of hydrogen-bond donors (Lipinski definition) is 4. The Hall–Kier alpha value is -3.35. The molecule has 0 radical (unpaired) electrons. The van der Waals surface area contributed by atoms with Crippen molar-refractivity contribution < 1.29 is 14.4 Å². The summed E-state index contributed by atoms with van der Waals surface area (Å²) in [7, 11) is 1.58. The van der Waals surface area contributed by atoms with Gasteiger partial charge in [0.25, 0.3) is 5.91 Å². The standard InChI is InChI=1S/C19H22N4O3/c1-3-17(24)22-15-8-10-16(11-9-15)23-19(26)21-12-13-4-6-14(7-5-13)18(25)20-2/h4-11H,3,12H2,1-2H3,(H,20,25)(H,22,24)(H2,21,23,26). The monoisotopic (exact) mass is 354 g/mol. The highest BCUT2D eigenvalue weighted by Crippen LogP contribution is 2.13. The molecule has 7 nitrogen and oxygen atoms in total. The molecular weight excluding hydrogens is 332 g/mol. The molecule has 136 valence electrons. The molecule has 2 aromatic carbocycles. The SMILES string of the molecule is CCC(=O)Nc1ccc(NC(=O)NCc2ccc(C(=O)NC)cc2)cc1. The van der Waals surface area contributed by atoms with Crippen molar-refractivity contribution in [3.05, 3.63) is 59.7 Å². The van der Waals surface area contributed by atoms with Gasteiger partial charge in [0.2, 0.25) is 5.91 Å². The average molecular weight is 354 g/mol. The second kappa shape index (κ2) is 9.22. The first-order chi connectivity index (χ1) is 12.5. The van der Waals surface area contributed by atoms with Crippen molar-refractivity contribution in [2.24, 2.45) is 0 Å². The van der Waals surface area contributed by atoms with Crippen LogP contribution >= 0.6 is 0 Å². The predicted octanol–water partition coefficient (Wildman–Crippen LogP) is 2.72. The van der Waals surface area contributed by atoms with Crippen LogP contribution in [0.25, 0.3) is 0 Å². The molecule has 0 aliphatic heterocycles. The van der Waals surface area contributed by atoms with Crippen molar-refractivity contribution in [1.29, 1.82) is 0 Å². The van der Waals surface area contributed by atoms with E-state index in [1.807, 2.05) is 0 Å². The van der Waals surface area contributed by atoms with E-state index in [0.29, 0.717) is 29.9 Å². The molecule has 2 rings (SSSR count). The molecular formula is C19H22N4O3. The van der Waals surface area contributed by atoms with Gasteiger partial charge in [0.05, 0.1) is 0 Å². The molecule has 0 saturated carbocycles. The Labute approximate surface area is 152 Å². The lowest BCUT2D eigenvalue weighted by Gasteiger charge is -2.09.